The van der Waals surface area contributed by atoms with E-state index in [0.717, 1.165) is 19.0 Å². The molecule has 1 N–H and O–H groups in total. The van der Waals surface area contributed by atoms with Gasteiger partial charge >= 0.3 is 0 Å². The van der Waals surface area contributed by atoms with Gasteiger partial charge in [0, 0.05) is 18.2 Å². The second-order valence-corrected chi connectivity index (χ2v) is 4.91. The Hall–Kier alpha value is -0.890. The van der Waals surface area contributed by atoms with Crippen LogP contribution in [0.25, 0.3) is 0 Å². The summed E-state index contributed by atoms with van der Waals surface area (Å²) in [5.41, 5.74) is 1.43. The summed E-state index contributed by atoms with van der Waals surface area (Å²) >= 11 is 0. The summed E-state index contributed by atoms with van der Waals surface area (Å²) < 4.78 is 2.08. The van der Waals surface area contributed by atoms with Crippen LogP contribution in [0, 0.1) is 0 Å². The minimum atomic E-state index is 0.786. The van der Waals surface area contributed by atoms with Gasteiger partial charge in [0.2, 0.25) is 0 Å². The first-order valence-corrected chi connectivity index (χ1v) is 6.52. The van der Waals surface area contributed by atoms with Gasteiger partial charge in [-0.3, -0.25) is 0 Å². The molecule has 1 aromatic heterocycles. The molecule has 88 valence electrons. The van der Waals surface area contributed by atoms with E-state index in [1.54, 1.807) is 0 Å². The second kappa shape index (κ2) is 6.00. The van der Waals surface area contributed by atoms with Crippen molar-refractivity contribution in [3.63, 3.8) is 0 Å². The number of nitrogens with one attached hydrogen (secondary N) is 1. The molecule has 2 heteroatoms. The summed E-state index contributed by atoms with van der Waals surface area (Å²) in [6.45, 7) is 1.12. The average molecular weight is 219 g/mol. The smallest absolute Gasteiger partial charge is 0.168 e. The van der Waals surface area contributed by atoms with Crippen LogP contribution in [0.5, 0.6) is 0 Å². The monoisotopic (exact) mass is 219 g/mol. The summed E-state index contributed by atoms with van der Waals surface area (Å²) in [6.07, 6.45) is 12.4. The van der Waals surface area contributed by atoms with Crippen LogP contribution in [-0.4, -0.2) is 12.6 Å². The molecule has 1 saturated carbocycles. The van der Waals surface area contributed by atoms with E-state index in [4.69, 9.17) is 0 Å². The zero-order chi connectivity index (χ0) is 11.2. The molecule has 1 heterocycles. The fourth-order valence-electron chi connectivity index (χ4n) is 2.43. The number of pyridine rings is 1. The van der Waals surface area contributed by atoms with Gasteiger partial charge in [-0.05, 0) is 31.4 Å². The molecule has 0 aliphatic heterocycles. The number of rotatable bonds is 4. The highest BCUT2D eigenvalue weighted by atomic mass is 14.9. The fourth-order valence-corrected chi connectivity index (χ4v) is 2.43. The number of aryl methyl sites for hydroxylation is 1. The van der Waals surface area contributed by atoms with Crippen molar-refractivity contribution in [2.24, 2.45) is 7.05 Å². The largest absolute Gasteiger partial charge is 0.314 e. The average Bonchev–Trinajstić information content (AvgIpc) is 2.33. The molecule has 2 nitrogen and oxygen atoms in total. The van der Waals surface area contributed by atoms with Gasteiger partial charge < -0.3 is 5.32 Å². The van der Waals surface area contributed by atoms with Gasteiger partial charge in [0.1, 0.15) is 7.05 Å². The molecule has 1 aliphatic rings. The van der Waals surface area contributed by atoms with Crippen LogP contribution >= 0.6 is 0 Å². The van der Waals surface area contributed by atoms with Crippen LogP contribution in [0.1, 0.15) is 37.7 Å². The normalized spacial score (nSPS) is 17.6. The summed E-state index contributed by atoms with van der Waals surface area (Å²) in [4.78, 5) is 0. The van der Waals surface area contributed by atoms with E-state index in [1.807, 2.05) is 0 Å². The zero-order valence-corrected chi connectivity index (χ0v) is 10.3. The summed E-state index contributed by atoms with van der Waals surface area (Å²) in [5, 5.41) is 3.68. The van der Waals surface area contributed by atoms with E-state index in [9.17, 15) is 0 Å². The third-order valence-corrected chi connectivity index (χ3v) is 3.50. The van der Waals surface area contributed by atoms with Crippen molar-refractivity contribution in [3.8, 4) is 0 Å². The number of hydrogen-bond donors (Lipinski definition) is 1. The minimum absolute atomic E-state index is 0.786. The maximum absolute atomic E-state index is 3.68. The van der Waals surface area contributed by atoms with E-state index in [-0.39, 0.29) is 0 Å². The quantitative estimate of drug-likeness (QED) is 0.766. The lowest BCUT2D eigenvalue weighted by Crippen LogP contribution is -2.32. The Labute approximate surface area is 98.7 Å². The lowest BCUT2D eigenvalue weighted by Gasteiger charge is -2.22. The maximum atomic E-state index is 3.68. The standard InChI is InChI=1S/C14H23N2/c1-16-11-8-13(9-12-16)7-10-15-14-5-3-2-4-6-14/h8-9,11-12,14-15H,2-7,10H2,1H3/q+1. The Kier molecular flexibility index (Phi) is 4.34. The van der Waals surface area contributed by atoms with E-state index < -0.39 is 0 Å². The molecule has 2 rings (SSSR count). The van der Waals surface area contributed by atoms with Crippen molar-refractivity contribution in [2.75, 3.05) is 6.54 Å². The number of nitrogens with zero attached hydrogens (tertiary/aromatic N) is 1. The molecule has 0 bridgehead atoms. The van der Waals surface area contributed by atoms with Gasteiger partial charge in [0.15, 0.2) is 12.4 Å². The van der Waals surface area contributed by atoms with Gasteiger partial charge in [-0.1, -0.05) is 19.3 Å². The molecule has 1 aliphatic carbocycles. The van der Waals surface area contributed by atoms with Gasteiger partial charge in [0.05, 0.1) is 0 Å². The van der Waals surface area contributed by atoms with Gasteiger partial charge in [-0.15, -0.1) is 0 Å². The predicted octanol–water partition coefficient (Wildman–Crippen LogP) is 1.98. The van der Waals surface area contributed by atoms with Gasteiger partial charge in [-0.2, -0.15) is 0 Å². The number of hydrogen-bond acceptors (Lipinski definition) is 1. The molecule has 0 unspecified atom stereocenters. The minimum Gasteiger partial charge on any atom is -0.314 e. The molecular formula is C14H23N2+. The van der Waals surface area contributed by atoms with Gasteiger partial charge in [0.25, 0.3) is 0 Å². The molecule has 0 saturated heterocycles. The molecule has 16 heavy (non-hydrogen) atoms. The third kappa shape index (κ3) is 3.60. The molecular weight excluding hydrogens is 196 g/mol. The van der Waals surface area contributed by atoms with E-state index in [0.29, 0.717) is 0 Å². The highest BCUT2D eigenvalue weighted by molar-refractivity contribution is 5.07. The van der Waals surface area contributed by atoms with Crippen LogP contribution < -0.4 is 9.88 Å². The highest BCUT2D eigenvalue weighted by Crippen LogP contribution is 2.17. The van der Waals surface area contributed by atoms with Gasteiger partial charge in [-0.25, -0.2) is 4.57 Å². The lowest BCUT2D eigenvalue weighted by atomic mass is 9.95. The predicted molar refractivity (Wildman–Crippen MR) is 66.2 cm³/mol. The summed E-state index contributed by atoms with van der Waals surface area (Å²) in [6, 6.07) is 5.21. The molecule has 0 atom stereocenters. The highest BCUT2D eigenvalue weighted by Gasteiger charge is 2.11. The van der Waals surface area contributed by atoms with Crippen molar-refractivity contribution >= 4 is 0 Å². The van der Waals surface area contributed by atoms with Crippen LogP contribution in [0.3, 0.4) is 0 Å². The van der Waals surface area contributed by atoms with Crippen LogP contribution in [-0.2, 0) is 13.5 Å². The summed E-state index contributed by atoms with van der Waals surface area (Å²) in [7, 11) is 2.06. The van der Waals surface area contributed by atoms with Crippen molar-refractivity contribution in [2.45, 2.75) is 44.6 Å². The molecule has 0 amide bonds. The molecule has 0 spiro atoms. The lowest BCUT2D eigenvalue weighted by molar-refractivity contribution is -0.671. The molecule has 0 aromatic carbocycles. The Morgan fingerprint density at radius 3 is 2.56 bits per heavy atom. The maximum Gasteiger partial charge on any atom is 0.168 e. The third-order valence-electron chi connectivity index (χ3n) is 3.50. The van der Waals surface area contributed by atoms with E-state index in [2.05, 4.69) is 41.5 Å². The topological polar surface area (TPSA) is 15.9 Å². The van der Waals surface area contributed by atoms with Crippen molar-refractivity contribution in [1.82, 2.24) is 5.32 Å². The van der Waals surface area contributed by atoms with Crippen molar-refractivity contribution in [3.05, 3.63) is 30.1 Å². The fraction of sp³-hybridized carbons (Fsp3) is 0.643. The molecule has 1 aromatic rings. The first-order valence-electron chi connectivity index (χ1n) is 6.52. The first-order chi connectivity index (χ1) is 7.84. The van der Waals surface area contributed by atoms with E-state index >= 15 is 0 Å². The SMILES string of the molecule is C[n+]1ccc(CCNC2CCCCC2)cc1. The van der Waals surface area contributed by atoms with Crippen molar-refractivity contribution in [1.29, 1.82) is 0 Å². The summed E-state index contributed by atoms with van der Waals surface area (Å²) in [5.74, 6) is 0. The molecule has 1 fully saturated rings. The van der Waals surface area contributed by atoms with Crippen LogP contribution in [0.4, 0.5) is 0 Å². The Balaban J connectivity index is 1.69. The zero-order valence-electron chi connectivity index (χ0n) is 10.3. The number of aromatic nitrogens is 1. The van der Waals surface area contributed by atoms with Crippen LogP contribution in [0.2, 0.25) is 0 Å². The second-order valence-electron chi connectivity index (χ2n) is 4.91. The molecule has 0 radical (unpaired) electrons. The van der Waals surface area contributed by atoms with E-state index in [1.165, 1.54) is 37.7 Å². The Bertz CT molecular complexity index is 299. The Morgan fingerprint density at radius 2 is 1.88 bits per heavy atom. The van der Waals surface area contributed by atoms with Crippen LogP contribution in [0.15, 0.2) is 24.5 Å². The first kappa shape index (κ1) is 11.6. The van der Waals surface area contributed by atoms with Crippen molar-refractivity contribution < 1.29 is 4.57 Å². The Morgan fingerprint density at radius 1 is 1.19 bits per heavy atom.